The maximum atomic E-state index is 12.3. The lowest BCUT2D eigenvalue weighted by atomic mass is 10.1. The van der Waals surface area contributed by atoms with Crippen molar-refractivity contribution in [3.8, 4) is 0 Å². The van der Waals surface area contributed by atoms with Gasteiger partial charge in [-0.05, 0) is 37.8 Å². The molecule has 6 nitrogen and oxygen atoms in total. The molecule has 0 radical (unpaired) electrons. The van der Waals surface area contributed by atoms with Gasteiger partial charge >= 0.3 is 0 Å². The molecule has 0 unspecified atom stereocenters. The SMILES string of the molecule is O=C(CN1CCCCCC1=O)Nc1ccccc1C(=O)NC1CC1. The van der Waals surface area contributed by atoms with Crippen molar-refractivity contribution < 1.29 is 14.4 Å². The van der Waals surface area contributed by atoms with E-state index >= 15 is 0 Å². The minimum absolute atomic E-state index is 0.0300. The van der Waals surface area contributed by atoms with Crippen molar-refractivity contribution in [3.63, 3.8) is 0 Å². The Morgan fingerprint density at radius 2 is 1.92 bits per heavy atom. The summed E-state index contributed by atoms with van der Waals surface area (Å²) in [7, 11) is 0. The Kier molecular flexibility index (Phi) is 5.13. The molecule has 2 fully saturated rings. The van der Waals surface area contributed by atoms with Crippen LogP contribution in [0.3, 0.4) is 0 Å². The van der Waals surface area contributed by atoms with Crippen LogP contribution in [0.15, 0.2) is 24.3 Å². The van der Waals surface area contributed by atoms with Crippen LogP contribution in [0.25, 0.3) is 0 Å². The van der Waals surface area contributed by atoms with Gasteiger partial charge in [0, 0.05) is 19.0 Å². The monoisotopic (exact) mass is 329 g/mol. The van der Waals surface area contributed by atoms with Gasteiger partial charge in [0.1, 0.15) is 0 Å². The number of para-hydroxylation sites is 1. The molecule has 0 spiro atoms. The van der Waals surface area contributed by atoms with E-state index in [1.54, 1.807) is 29.2 Å². The van der Waals surface area contributed by atoms with Crippen LogP contribution in [0, 0.1) is 0 Å². The Labute approximate surface area is 141 Å². The quantitative estimate of drug-likeness (QED) is 0.866. The fraction of sp³-hybridized carbons (Fsp3) is 0.500. The van der Waals surface area contributed by atoms with Gasteiger partial charge in [-0.3, -0.25) is 14.4 Å². The van der Waals surface area contributed by atoms with Crippen molar-refractivity contribution in [3.05, 3.63) is 29.8 Å². The third kappa shape index (κ3) is 4.34. The predicted octanol–water partition coefficient (Wildman–Crippen LogP) is 1.92. The Morgan fingerprint density at radius 1 is 1.12 bits per heavy atom. The molecule has 1 saturated carbocycles. The molecule has 2 N–H and O–H groups in total. The minimum atomic E-state index is -0.267. The number of hydrogen-bond donors (Lipinski definition) is 2. The van der Waals surface area contributed by atoms with Crippen LogP contribution in [0.1, 0.15) is 48.9 Å². The number of benzene rings is 1. The van der Waals surface area contributed by atoms with Gasteiger partial charge in [0.2, 0.25) is 11.8 Å². The number of rotatable bonds is 5. The summed E-state index contributed by atoms with van der Waals surface area (Å²) >= 11 is 0. The van der Waals surface area contributed by atoms with E-state index in [0.29, 0.717) is 24.2 Å². The first-order valence-electron chi connectivity index (χ1n) is 8.61. The van der Waals surface area contributed by atoms with Crippen LogP contribution < -0.4 is 10.6 Å². The highest BCUT2D eigenvalue weighted by Crippen LogP contribution is 2.21. The molecule has 3 amide bonds. The summed E-state index contributed by atoms with van der Waals surface area (Å²) in [5.74, 6) is -0.404. The molecule has 2 aliphatic rings. The Morgan fingerprint density at radius 3 is 2.71 bits per heavy atom. The van der Waals surface area contributed by atoms with Gasteiger partial charge in [-0.15, -0.1) is 0 Å². The Balaban J connectivity index is 1.63. The first-order chi connectivity index (χ1) is 11.6. The highest BCUT2D eigenvalue weighted by atomic mass is 16.2. The van der Waals surface area contributed by atoms with E-state index in [2.05, 4.69) is 10.6 Å². The molecule has 1 heterocycles. The van der Waals surface area contributed by atoms with Crippen molar-refractivity contribution in [2.45, 2.75) is 44.6 Å². The largest absolute Gasteiger partial charge is 0.349 e. The summed E-state index contributed by atoms with van der Waals surface area (Å²) in [6.45, 7) is 0.660. The van der Waals surface area contributed by atoms with E-state index in [-0.39, 0.29) is 30.3 Å². The molecule has 24 heavy (non-hydrogen) atoms. The lowest BCUT2D eigenvalue weighted by Crippen LogP contribution is -2.38. The lowest BCUT2D eigenvalue weighted by Gasteiger charge is -2.20. The summed E-state index contributed by atoms with van der Waals surface area (Å²) < 4.78 is 0. The molecule has 1 aliphatic heterocycles. The van der Waals surface area contributed by atoms with E-state index < -0.39 is 0 Å². The summed E-state index contributed by atoms with van der Waals surface area (Å²) in [5, 5.41) is 5.71. The van der Waals surface area contributed by atoms with Crippen LogP contribution in [0.4, 0.5) is 5.69 Å². The van der Waals surface area contributed by atoms with E-state index in [1.807, 2.05) is 0 Å². The molecule has 0 atom stereocenters. The number of nitrogens with one attached hydrogen (secondary N) is 2. The van der Waals surface area contributed by atoms with E-state index in [1.165, 1.54) is 0 Å². The first kappa shape index (κ1) is 16.5. The number of likely N-dealkylation sites (tertiary alicyclic amines) is 1. The second-order valence-corrected chi connectivity index (χ2v) is 6.47. The zero-order chi connectivity index (χ0) is 16.9. The van der Waals surface area contributed by atoms with Crippen LogP contribution in [-0.2, 0) is 9.59 Å². The number of hydrogen-bond acceptors (Lipinski definition) is 3. The normalized spacial score (nSPS) is 18.0. The first-order valence-corrected chi connectivity index (χ1v) is 8.61. The molecular weight excluding hydrogens is 306 g/mol. The molecule has 1 aromatic carbocycles. The van der Waals surface area contributed by atoms with Crippen LogP contribution in [-0.4, -0.2) is 41.8 Å². The van der Waals surface area contributed by atoms with Crippen molar-refractivity contribution in [2.24, 2.45) is 0 Å². The third-order valence-electron chi connectivity index (χ3n) is 4.36. The average molecular weight is 329 g/mol. The van der Waals surface area contributed by atoms with Crippen molar-refractivity contribution >= 4 is 23.4 Å². The third-order valence-corrected chi connectivity index (χ3v) is 4.36. The zero-order valence-corrected chi connectivity index (χ0v) is 13.7. The van der Waals surface area contributed by atoms with Gasteiger partial charge in [-0.25, -0.2) is 0 Å². The van der Waals surface area contributed by atoms with Gasteiger partial charge in [-0.2, -0.15) is 0 Å². The average Bonchev–Trinajstić information content (AvgIpc) is 3.38. The fourth-order valence-electron chi connectivity index (χ4n) is 2.85. The zero-order valence-electron chi connectivity index (χ0n) is 13.7. The summed E-state index contributed by atoms with van der Waals surface area (Å²) in [5.41, 5.74) is 0.947. The molecule has 0 bridgehead atoms. The second-order valence-electron chi connectivity index (χ2n) is 6.47. The van der Waals surface area contributed by atoms with Gasteiger partial charge in [0.05, 0.1) is 17.8 Å². The summed E-state index contributed by atoms with van der Waals surface area (Å²) in [6, 6.07) is 7.22. The predicted molar refractivity (Wildman–Crippen MR) is 90.6 cm³/mol. The topological polar surface area (TPSA) is 78.5 Å². The standard InChI is InChI=1S/C18H23N3O3/c22-16(12-21-11-5-1-2-8-17(21)23)20-15-7-4-3-6-14(15)18(24)19-13-9-10-13/h3-4,6-7,13H,1-2,5,8-12H2,(H,19,24)(H,20,22). The molecule has 3 rings (SSSR count). The van der Waals surface area contributed by atoms with Gasteiger partial charge in [0.25, 0.3) is 5.91 Å². The highest BCUT2D eigenvalue weighted by Gasteiger charge is 2.25. The smallest absolute Gasteiger partial charge is 0.253 e. The molecule has 0 aromatic heterocycles. The summed E-state index contributed by atoms with van der Waals surface area (Å²) in [6.07, 6.45) is 5.37. The number of carbonyl (C=O) groups is 3. The van der Waals surface area contributed by atoms with Crippen LogP contribution in [0.5, 0.6) is 0 Å². The molecule has 1 aromatic rings. The molecule has 1 saturated heterocycles. The highest BCUT2D eigenvalue weighted by molar-refractivity contribution is 6.04. The maximum Gasteiger partial charge on any atom is 0.253 e. The lowest BCUT2D eigenvalue weighted by molar-refractivity contribution is -0.134. The molecule has 1 aliphatic carbocycles. The summed E-state index contributed by atoms with van der Waals surface area (Å²) in [4.78, 5) is 38.2. The minimum Gasteiger partial charge on any atom is -0.349 e. The van der Waals surface area contributed by atoms with Crippen molar-refractivity contribution in [1.29, 1.82) is 0 Å². The molecule has 128 valence electrons. The van der Waals surface area contributed by atoms with Crippen LogP contribution >= 0.6 is 0 Å². The van der Waals surface area contributed by atoms with Gasteiger partial charge in [0.15, 0.2) is 0 Å². The van der Waals surface area contributed by atoms with Gasteiger partial charge < -0.3 is 15.5 Å². The number of amides is 3. The molecule has 6 heteroatoms. The number of anilines is 1. The maximum absolute atomic E-state index is 12.3. The van der Waals surface area contributed by atoms with Gasteiger partial charge in [-0.1, -0.05) is 18.6 Å². The number of carbonyl (C=O) groups excluding carboxylic acids is 3. The van der Waals surface area contributed by atoms with E-state index in [4.69, 9.17) is 0 Å². The van der Waals surface area contributed by atoms with Crippen molar-refractivity contribution in [1.82, 2.24) is 10.2 Å². The molecular formula is C18H23N3O3. The number of nitrogens with zero attached hydrogens (tertiary/aromatic N) is 1. The van der Waals surface area contributed by atoms with Crippen molar-refractivity contribution in [2.75, 3.05) is 18.4 Å². The Hall–Kier alpha value is -2.37. The van der Waals surface area contributed by atoms with E-state index in [9.17, 15) is 14.4 Å². The second kappa shape index (κ2) is 7.47. The van der Waals surface area contributed by atoms with Crippen LogP contribution in [0.2, 0.25) is 0 Å². The Bertz CT molecular complexity index is 640. The van der Waals surface area contributed by atoms with E-state index in [0.717, 1.165) is 32.1 Å². The fourth-order valence-corrected chi connectivity index (χ4v) is 2.85.